The lowest BCUT2D eigenvalue weighted by Gasteiger charge is -2.09. The van der Waals surface area contributed by atoms with Crippen LogP contribution < -0.4 is 5.32 Å². The van der Waals surface area contributed by atoms with E-state index in [0.717, 1.165) is 5.56 Å². The minimum Gasteiger partial charge on any atom is -0.468 e. The molecule has 0 saturated heterocycles. The molecule has 20 heavy (non-hydrogen) atoms. The van der Waals surface area contributed by atoms with E-state index in [1.807, 2.05) is 0 Å². The van der Waals surface area contributed by atoms with Gasteiger partial charge in [0, 0.05) is 12.6 Å². The molecular weight excluding hydrogens is 332 g/mol. The van der Waals surface area contributed by atoms with E-state index in [4.69, 9.17) is 0 Å². The second-order valence-corrected chi connectivity index (χ2v) is 5.08. The number of carbonyl (C=O) groups is 2. The maximum absolute atomic E-state index is 11.9. The highest BCUT2D eigenvalue weighted by atomic mass is 79.9. The quantitative estimate of drug-likeness (QED) is 0.378. The normalized spacial score (nSPS) is 11.6. The van der Waals surface area contributed by atoms with Crippen molar-refractivity contribution in [1.29, 1.82) is 0 Å². The molecule has 1 N–H and O–H groups in total. The number of amides is 1. The van der Waals surface area contributed by atoms with Gasteiger partial charge >= 0.3 is 5.97 Å². The van der Waals surface area contributed by atoms with Crippen molar-refractivity contribution in [3.05, 3.63) is 39.4 Å². The third-order valence-electron chi connectivity index (χ3n) is 2.49. The molecule has 8 heteroatoms. The van der Waals surface area contributed by atoms with Crippen molar-refractivity contribution in [3.8, 4) is 0 Å². The number of hydrogen-bond donors (Lipinski definition) is 1. The lowest BCUT2D eigenvalue weighted by molar-refractivity contribution is -0.385. The zero-order valence-corrected chi connectivity index (χ0v) is 12.5. The van der Waals surface area contributed by atoms with Crippen molar-refractivity contribution >= 4 is 33.5 Å². The smallest absolute Gasteiger partial charge is 0.321 e. The maximum atomic E-state index is 11.9. The number of alkyl halides is 1. The number of nitro benzene ring substituents is 1. The Hall–Kier alpha value is -1.96. The lowest BCUT2D eigenvalue weighted by atomic mass is 10.1. The van der Waals surface area contributed by atoms with Crippen LogP contribution in [0.2, 0.25) is 0 Å². The summed E-state index contributed by atoms with van der Waals surface area (Å²) >= 11 is 3.04. The Morgan fingerprint density at radius 1 is 1.50 bits per heavy atom. The average molecular weight is 345 g/mol. The van der Waals surface area contributed by atoms with Gasteiger partial charge in [-0.1, -0.05) is 22.0 Å². The molecular formula is C12H13BrN2O5. The highest BCUT2D eigenvalue weighted by Gasteiger charge is 2.22. The van der Waals surface area contributed by atoms with Gasteiger partial charge in [0.15, 0.2) is 0 Å². The molecule has 1 aromatic carbocycles. The first-order chi connectivity index (χ1) is 9.36. The van der Waals surface area contributed by atoms with Crippen LogP contribution in [0.3, 0.4) is 0 Å². The Bertz CT molecular complexity index is 547. The van der Waals surface area contributed by atoms with Crippen molar-refractivity contribution < 1.29 is 19.2 Å². The second kappa shape index (κ2) is 6.99. The Morgan fingerprint density at radius 2 is 2.15 bits per heavy atom. The van der Waals surface area contributed by atoms with Gasteiger partial charge in [-0.05, 0) is 18.6 Å². The fraction of sp³-hybridized carbons (Fsp3) is 0.333. The lowest BCUT2D eigenvalue weighted by Crippen LogP contribution is -2.34. The van der Waals surface area contributed by atoms with Crippen molar-refractivity contribution in [3.63, 3.8) is 0 Å². The standard InChI is InChI=1S/C12H13BrN2O5/c1-7-3-4-10(15(18)19)8(5-7)11(16)14-6-9(13)12(17)20-2/h3-5,9H,6H2,1-2H3,(H,14,16). The Labute approximate surface area is 123 Å². The molecule has 0 fully saturated rings. The molecule has 1 atom stereocenters. The van der Waals surface area contributed by atoms with Gasteiger partial charge in [0.25, 0.3) is 11.6 Å². The molecule has 0 aliphatic rings. The van der Waals surface area contributed by atoms with E-state index in [0.29, 0.717) is 0 Å². The molecule has 7 nitrogen and oxygen atoms in total. The number of benzene rings is 1. The predicted molar refractivity (Wildman–Crippen MR) is 74.9 cm³/mol. The second-order valence-electron chi connectivity index (χ2n) is 3.98. The van der Waals surface area contributed by atoms with Gasteiger partial charge in [-0.15, -0.1) is 0 Å². The Balaban J connectivity index is 2.85. The number of rotatable bonds is 5. The minimum absolute atomic E-state index is 0.0311. The van der Waals surface area contributed by atoms with Gasteiger partial charge < -0.3 is 10.1 Å². The molecule has 0 radical (unpaired) electrons. The molecule has 108 valence electrons. The number of methoxy groups -OCH3 is 1. The highest BCUT2D eigenvalue weighted by molar-refractivity contribution is 9.10. The summed E-state index contributed by atoms with van der Waals surface area (Å²) < 4.78 is 4.49. The molecule has 1 amide bonds. The van der Waals surface area contributed by atoms with Crippen molar-refractivity contribution in [2.75, 3.05) is 13.7 Å². The summed E-state index contributed by atoms with van der Waals surface area (Å²) in [5.41, 5.74) is 0.404. The third-order valence-corrected chi connectivity index (χ3v) is 3.19. The largest absolute Gasteiger partial charge is 0.468 e. The monoisotopic (exact) mass is 344 g/mol. The van der Waals surface area contributed by atoms with E-state index >= 15 is 0 Å². The number of nitrogens with zero attached hydrogens (tertiary/aromatic N) is 1. The molecule has 0 aliphatic heterocycles. The van der Waals surface area contributed by atoms with E-state index < -0.39 is 21.6 Å². The van der Waals surface area contributed by atoms with Crippen molar-refractivity contribution in [2.45, 2.75) is 11.8 Å². The molecule has 1 rings (SSSR count). The van der Waals surface area contributed by atoms with Gasteiger partial charge in [-0.2, -0.15) is 0 Å². The first-order valence-electron chi connectivity index (χ1n) is 5.62. The van der Waals surface area contributed by atoms with E-state index in [1.165, 1.54) is 19.2 Å². The molecule has 0 spiro atoms. The van der Waals surface area contributed by atoms with Gasteiger partial charge in [0.1, 0.15) is 10.4 Å². The van der Waals surface area contributed by atoms with Crippen LogP contribution in [0.25, 0.3) is 0 Å². The SMILES string of the molecule is COC(=O)C(Br)CNC(=O)c1cc(C)ccc1[N+](=O)[O-]. The number of carbonyl (C=O) groups excluding carboxylic acids is 2. The number of esters is 1. The molecule has 0 aromatic heterocycles. The van der Waals surface area contributed by atoms with Gasteiger partial charge in [0.2, 0.25) is 0 Å². The number of nitrogens with one attached hydrogen (secondary N) is 1. The van der Waals surface area contributed by atoms with Crippen LogP contribution in [0.4, 0.5) is 5.69 Å². The van der Waals surface area contributed by atoms with Gasteiger partial charge in [-0.25, -0.2) is 0 Å². The number of ether oxygens (including phenoxy) is 1. The van der Waals surface area contributed by atoms with E-state index in [2.05, 4.69) is 26.0 Å². The van der Waals surface area contributed by atoms with Crippen LogP contribution in [0.5, 0.6) is 0 Å². The zero-order valence-electron chi connectivity index (χ0n) is 10.9. The maximum Gasteiger partial charge on any atom is 0.321 e. The number of halogens is 1. The van der Waals surface area contributed by atoms with Gasteiger partial charge in [0.05, 0.1) is 12.0 Å². The molecule has 1 aromatic rings. The summed E-state index contributed by atoms with van der Waals surface area (Å²) in [5.74, 6) is -1.15. The molecule has 0 saturated carbocycles. The van der Waals surface area contributed by atoms with Crippen molar-refractivity contribution in [1.82, 2.24) is 5.32 Å². The fourth-order valence-electron chi connectivity index (χ4n) is 1.48. The summed E-state index contributed by atoms with van der Waals surface area (Å²) in [5, 5.41) is 13.3. The zero-order chi connectivity index (χ0) is 15.3. The molecule has 1 unspecified atom stereocenters. The first kappa shape index (κ1) is 16.1. The predicted octanol–water partition coefficient (Wildman–Crippen LogP) is 1.57. The van der Waals surface area contributed by atoms with Crippen LogP contribution in [0.15, 0.2) is 18.2 Å². The van der Waals surface area contributed by atoms with Crippen molar-refractivity contribution in [2.24, 2.45) is 0 Å². The number of aryl methyl sites for hydroxylation is 1. The van der Waals surface area contributed by atoms with E-state index in [1.54, 1.807) is 13.0 Å². The number of nitro groups is 1. The molecule has 0 heterocycles. The van der Waals surface area contributed by atoms with Crippen LogP contribution in [-0.4, -0.2) is 35.3 Å². The summed E-state index contributed by atoms with van der Waals surface area (Å²) in [6, 6.07) is 4.25. The Morgan fingerprint density at radius 3 is 2.70 bits per heavy atom. The van der Waals surface area contributed by atoms with Gasteiger partial charge in [-0.3, -0.25) is 19.7 Å². The van der Waals surface area contributed by atoms with E-state index in [-0.39, 0.29) is 17.8 Å². The van der Waals surface area contributed by atoms with E-state index in [9.17, 15) is 19.7 Å². The summed E-state index contributed by atoms with van der Waals surface area (Å²) in [6.45, 7) is 1.69. The minimum atomic E-state index is -0.708. The van der Waals surface area contributed by atoms with Crippen LogP contribution in [-0.2, 0) is 9.53 Å². The molecule has 0 aliphatic carbocycles. The first-order valence-corrected chi connectivity index (χ1v) is 6.53. The highest BCUT2D eigenvalue weighted by Crippen LogP contribution is 2.19. The summed E-state index contributed by atoms with van der Waals surface area (Å²) in [7, 11) is 1.23. The number of hydrogen-bond acceptors (Lipinski definition) is 5. The third kappa shape index (κ3) is 4.02. The van der Waals surface area contributed by atoms with Crippen LogP contribution in [0.1, 0.15) is 15.9 Å². The van der Waals surface area contributed by atoms with Crippen LogP contribution >= 0.6 is 15.9 Å². The average Bonchev–Trinajstić information content (AvgIpc) is 2.42. The van der Waals surface area contributed by atoms with Crippen LogP contribution in [0, 0.1) is 17.0 Å². The fourth-order valence-corrected chi connectivity index (χ4v) is 1.83. The summed E-state index contributed by atoms with van der Waals surface area (Å²) in [4.78, 5) is 32.7. The molecule has 0 bridgehead atoms. The topological polar surface area (TPSA) is 98.5 Å². The summed E-state index contributed by atoms with van der Waals surface area (Å²) in [6.07, 6.45) is 0. The Kier molecular flexibility index (Phi) is 5.63.